The molecule has 1 N–H and O–H groups in total. The molecule has 0 atom stereocenters. The second kappa shape index (κ2) is 8.08. The third-order valence-electron chi connectivity index (χ3n) is 4.73. The summed E-state index contributed by atoms with van der Waals surface area (Å²) in [5.41, 5.74) is 1.33. The molecule has 0 bridgehead atoms. The number of anilines is 2. The largest absolute Gasteiger partial charge is 0.455 e. The van der Waals surface area contributed by atoms with Gasteiger partial charge in [0.2, 0.25) is 0 Å². The van der Waals surface area contributed by atoms with Crippen molar-refractivity contribution in [3.63, 3.8) is 0 Å². The van der Waals surface area contributed by atoms with E-state index < -0.39 is 10.0 Å². The Labute approximate surface area is 176 Å². The zero-order valence-electron chi connectivity index (χ0n) is 16.7. The Kier molecular flexibility index (Phi) is 5.33. The Bertz CT molecular complexity index is 1290. The van der Waals surface area contributed by atoms with Crippen molar-refractivity contribution in [2.75, 3.05) is 23.7 Å². The van der Waals surface area contributed by atoms with Crippen LogP contribution >= 0.6 is 0 Å². The van der Waals surface area contributed by atoms with Crippen LogP contribution in [0.2, 0.25) is 0 Å². The van der Waals surface area contributed by atoms with Gasteiger partial charge in [0, 0.05) is 30.6 Å². The van der Waals surface area contributed by atoms with Crippen molar-refractivity contribution < 1.29 is 13.2 Å². The molecule has 0 saturated heterocycles. The second-order valence-electron chi connectivity index (χ2n) is 7.04. The lowest BCUT2D eigenvalue weighted by Gasteiger charge is -2.18. The van der Waals surface area contributed by atoms with Crippen LogP contribution in [0, 0.1) is 0 Å². The van der Waals surface area contributed by atoms with E-state index in [2.05, 4.69) is 4.72 Å². The summed E-state index contributed by atoms with van der Waals surface area (Å²) in [6.07, 6.45) is 0. The molecule has 6 heteroatoms. The number of benzene rings is 4. The summed E-state index contributed by atoms with van der Waals surface area (Å²) in [7, 11) is 0.0261. The highest BCUT2D eigenvalue weighted by atomic mass is 32.2. The molecule has 152 valence electrons. The van der Waals surface area contributed by atoms with E-state index in [0.717, 1.165) is 11.1 Å². The fourth-order valence-corrected chi connectivity index (χ4v) is 4.64. The predicted molar refractivity (Wildman–Crippen MR) is 122 cm³/mol. The Morgan fingerprint density at radius 1 is 0.733 bits per heavy atom. The van der Waals surface area contributed by atoms with Crippen LogP contribution in [0.5, 0.6) is 11.5 Å². The molecule has 0 aliphatic heterocycles. The number of para-hydroxylation sites is 3. The van der Waals surface area contributed by atoms with Crippen LogP contribution in [0.1, 0.15) is 0 Å². The second-order valence-corrected chi connectivity index (χ2v) is 8.69. The van der Waals surface area contributed by atoms with Crippen molar-refractivity contribution >= 4 is 32.2 Å². The molecule has 4 aromatic carbocycles. The molecule has 30 heavy (non-hydrogen) atoms. The molecular weight excluding hydrogens is 396 g/mol. The van der Waals surface area contributed by atoms with Gasteiger partial charge in [-0.1, -0.05) is 54.6 Å². The molecule has 0 fully saturated rings. The Morgan fingerprint density at radius 2 is 1.40 bits per heavy atom. The lowest BCUT2D eigenvalue weighted by Crippen LogP contribution is -2.14. The lowest BCUT2D eigenvalue weighted by molar-refractivity contribution is 0.485. The maximum atomic E-state index is 13.3. The highest BCUT2D eigenvalue weighted by Gasteiger charge is 2.20. The van der Waals surface area contributed by atoms with E-state index in [1.807, 2.05) is 73.6 Å². The van der Waals surface area contributed by atoms with Crippen molar-refractivity contribution in [3.8, 4) is 11.5 Å². The molecule has 0 aliphatic carbocycles. The van der Waals surface area contributed by atoms with Gasteiger partial charge in [-0.05, 0) is 36.4 Å². The zero-order valence-corrected chi connectivity index (χ0v) is 17.6. The van der Waals surface area contributed by atoms with Crippen LogP contribution in [0.3, 0.4) is 0 Å². The lowest BCUT2D eigenvalue weighted by atomic mass is 10.1. The third-order valence-corrected chi connectivity index (χ3v) is 6.16. The summed E-state index contributed by atoms with van der Waals surface area (Å²) in [5, 5.41) is 1.54. The van der Waals surface area contributed by atoms with Crippen molar-refractivity contribution in [1.29, 1.82) is 0 Å². The van der Waals surface area contributed by atoms with Crippen LogP contribution in [0.25, 0.3) is 10.8 Å². The topological polar surface area (TPSA) is 58.6 Å². The number of ether oxygens (including phenoxy) is 1. The van der Waals surface area contributed by atoms with E-state index in [1.165, 1.54) is 0 Å². The van der Waals surface area contributed by atoms with Gasteiger partial charge in [-0.25, -0.2) is 8.42 Å². The number of nitrogens with one attached hydrogen (secondary N) is 1. The van der Waals surface area contributed by atoms with E-state index in [-0.39, 0.29) is 4.90 Å². The quantitative estimate of drug-likeness (QED) is 0.449. The number of hydrogen-bond donors (Lipinski definition) is 1. The molecule has 5 nitrogen and oxygen atoms in total. The number of sulfonamides is 1. The first kappa shape index (κ1) is 19.8. The molecule has 0 heterocycles. The fourth-order valence-electron chi connectivity index (χ4n) is 3.34. The van der Waals surface area contributed by atoms with Crippen LogP contribution in [0.4, 0.5) is 11.4 Å². The summed E-state index contributed by atoms with van der Waals surface area (Å²) >= 11 is 0. The third kappa shape index (κ3) is 3.95. The van der Waals surface area contributed by atoms with E-state index in [0.29, 0.717) is 22.6 Å². The van der Waals surface area contributed by atoms with E-state index in [1.54, 1.807) is 36.4 Å². The summed E-state index contributed by atoms with van der Waals surface area (Å²) in [6.45, 7) is 0. The molecule has 0 unspecified atom stereocenters. The fraction of sp³-hybridized carbons (Fsp3) is 0.0833. The van der Waals surface area contributed by atoms with Gasteiger partial charge in [0.05, 0.1) is 10.6 Å². The van der Waals surface area contributed by atoms with E-state index in [4.69, 9.17) is 4.74 Å². The molecule has 0 spiro atoms. The molecule has 0 amide bonds. The molecule has 0 saturated carbocycles. The minimum absolute atomic E-state index is 0.221. The van der Waals surface area contributed by atoms with Gasteiger partial charge in [-0.3, -0.25) is 4.72 Å². The van der Waals surface area contributed by atoms with Gasteiger partial charge >= 0.3 is 0 Å². The molecular formula is C24H22N2O3S. The summed E-state index contributed by atoms with van der Waals surface area (Å²) < 4.78 is 35.2. The van der Waals surface area contributed by atoms with Crippen LogP contribution in [-0.2, 0) is 10.0 Å². The number of hydrogen-bond acceptors (Lipinski definition) is 4. The molecule has 0 radical (unpaired) electrons. The summed E-state index contributed by atoms with van der Waals surface area (Å²) in [4.78, 5) is 2.19. The van der Waals surface area contributed by atoms with Crippen LogP contribution in [-0.4, -0.2) is 22.5 Å². The monoisotopic (exact) mass is 418 g/mol. The van der Waals surface area contributed by atoms with Crippen molar-refractivity contribution in [2.45, 2.75) is 4.90 Å². The van der Waals surface area contributed by atoms with Gasteiger partial charge in [-0.2, -0.15) is 0 Å². The van der Waals surface area contributed by atoms with Gasteiger partial charge in [0.25, 0.3) is 10.0 Å². The summed E-state index contributed by atoms with van der Waals surface area (Å²) in [5.74, 6) is 1.06. The van der Waals surface area contributed by atoms with Crippen molar-refractivity contribution in [1.82, 2.24) is 0 Å². The van der Waals surface area contributed by atoms with Crippen molar-refractivity contribution in [3.05, 3.63) is 91.0 Å². The smallest absolute Gasteiger partial charge is 0.262 e. The maximum absolute atomic E-state index is 13.3. The molecule has 0 aliphatic rings. The predicted octanol–water partition coefficient (Wildman–Crippen LogP) is 5.50. The minimum atomic E-state index is -3.85. The van der Waals surface area contributed by atoms with Gasteiger partial charge in [0.1, 0.15) is 5.75 Å². The first-order chi connectivity index (χ1) is 14.5. The average molecular weight is 419 g/mol. The highest BCUT2D eigenvalue weighted by Crippen LogP contribution is 2.34. The Balaban J connectivity index is 1.74. The zero-order chi connectivity index (χ0) is 21.1. The van der Waals surface area contributed by atoms with E-state index >= 15 is 0 Å². The summed E-state index contributed by atoms with van der Waals surface area (Å²) in [6, 6.07) is 27.2. The van der Waals surface area contributed by atoms with Gasteiger partial charge < -0.3 is 9.64 Å². The SMILES string of the molecule is CN(C)c1cccc2c(S(=O)(=O)Nc3ccccc3Oc3ccccc3)cccc12. The average Bonchev–Trinajstić information content (AvgIpc) is 2.74. The molecule has 4 aromatic rings. The Hall–Kier alpha value is -3.51. The maximum Gasteiger partial charge on any atom is 0.262 e. The number of fused-ring (bicyclic) bond motifs is 1. The standard InChI is InChI=1S/C24H22N2O3S/c1-26(2)22-15-8-13-20-19(22)12-9-17-24(20)30(27,28)25-21-14-6-7-16-23(21)29-18-10-4-3-5-11-18/h3-17,25H,1-2H3. The van der Waals surface area contributed by atoms with Gasteiger partial charge in [-0.15, -0.1) is 0 Å². The van der Waals surface area contributed by atoms with Crippen molar-refractivity contribution in [2.24, 2.45) is 0 Å². The normalized spacial score (nSPS) is 11.3. The number of nitrogens with zero attached hydrogens (tertiary/aromatic N) is 1. The first-order valence-electron chi connectivity index (χ1n) is 9.49. The highest BCUT2D eigenvalue weighted by molar-refractivity contribution is 7.93. The molecule has 0 aromatic heterocycles. The van der Waals surface area contributed by atoms with Crippen LogP contribution < -0.4 is 14.4 Å². The number of rotatable bonds is 6. The minimum Gasteiger partial charge on any atom is -0.455 e. The first-order valence-corrected chi connectivity index (χ1v) is 11.0. The van der Waals surface area contributed by atoms with Crippen LogP contribution in [0.15, 0.2) is 95.9 Å². The molecule has 4 rings (SSSR count). The van der Waals surface area contributed by atoms with E-state index in [9.17, 15) is 8.42 Å². The Morgan fingerprint density at radius 3 is 2.17 bits per heavy atom. The van der Waals surface area contributed by atoms with Gasteiger partial charge in [0.15, 0.2) is 5.75 Å².